The lowest BCUT2D eigenvalue weighted by Gasteiger charge is -2.36. The number of hydrogen-bond donors (Lipinski definition) is 0. The van der Waals surface area contributed by atoms with Gasteiger partial charge >= 0.3 is 0 Å². The van der Waals surface area contributed by atoms with Crippen molar-refractivity contribution in [3.8, 4) is 0 Å². The minimum Gasteiger partial charge on any atom is -0.289 e. The summed E-state index contributed by atoms with van der Waals surface area (Å²) in [6, 6.07) is 3.06. The first kappa shape index (κ1) is 15.9. The molecule has 0 aromatic carbocycles. The number of nitrogens with zero attached hydrogens (tertiary/aromatic N) is 6. The minimum absolute atomic E-state index is 0.431. The highest BCUT2D eigenvalue weighted by atomic mass is 15.3. The van der Waals surface area contributed by atoms with Gasteiger partial charge in [-0.05, 0) is 26.2 Å². The van der Waals surface area contributed by atoms with E-state index >= 15 is 0 Å². The Morgan fingerprint density at radius 3 is 2.77 bits per heavy atom. The SMILES string of the molecule is CCCc1ncc(CN2[C@@H]3CC[C@@H]2c2cnc4cc(C)nn4c2C3)cn1. The van der Waals surface area contributed by atoms with E-state index in [2.05, 4.69) is 48.7 Å². The zero-order valence-electron chi connectivity index (χ0n) is 15.4. The van der Waals surface area contributed by atoms with Crippen molar-refractivity contribution in [1.82, 2.24) is 29.5 Å². The van der Waals surface area contributed by atoms with Gasteiger partial charge in [0.15, 0.2) is 5.65 Å². The van der Waals surface area contributed by atoms with Gasteiger partial charge in [-0.25, -0.2) is 19.5 Å². The second-order valence-electron chi connectivity index (χ2n) is 7.60. The van der Waals surface area contributed by atoms with Crippen LogP contribution in [0.15, 0.2) is 24.7 Å². The maximum absolute atomic E-state index is 4.67. The van der Waals surface area contributed by atoms with Gasteiger partial charge in [-0.15, -0.1) is 0 Å². The van der Waals surface area contributed by atoms with Crippen LogP contribution in [-0.2, 0) is 19.4 Å². The highest BCUT2D eigenvalue weighted by molar-refractivity contribution is 5.44. The van der Waals surface area contributed by atoms with Gasteiger partial charge in [0.1, 0.15) is 5.82 Å². The molecule has 2 bridgehead atoms. The van der Waals surface area contributed by atoms with E-state index in [9.17, 15) is 0 Å². The van der Waals surface area contributed by atoms with Gasteiger partial charge in [0.25, 0.3) is 0 Å². The molecule has 3 aromatic heterocycles. The second-order valence-corrected chi connectivity index (χ2v) is 7.60. The summed E-state index contributed by atoms with van der Waals surface area (Å²) >= 11 is 0. The van der Waals surface area contributed by atoms with Crippen LogP contribution in [0.5, 0.6) is 0 Å². The fraction of sp³-hybridized carbons (Fsp3) is 0.500. The Balaban J connectivity index is 1.45. The molecule has 2 aliphatic rings. The summed E-state index contributed by atoms with van der Waals surface area (Å²) in [4.78, 5) is 16.3. The monoisotopic (exact) mass is 348 g/mol. The van der Waals surface area contributed by atoms with Crippen LogP contribution in [0.3, 0.4) is 0 Å². The van der Waals surface area contributed by atoms with Crippen LogP contribution in [0.1, 0.15) is 60.6 Å². The van der Waals surface area contributed by atoms with Gasteiger partial charge < -0.3 is 0 Å². The van der Waals surface area contributed by atoms with E-state index in [1.165, 1.54) is 29.7 Å². The van der Waals surface area contributed by atoms with E-state index in [4.69, 9.17) is 0 Å². The van der Waals surface area contributed by atoms with Crippen molar-refractivity contribution < 1.29 is 0 Å². The summed E-state index contributed by atoms with van der Waals surface area (Å²) in [5.41, 5.74) is 5.90. The van der Waals surface area contributed by atoms with E-state index in [1.807, 2.05) is 19.3 Å². The lowest BCUT2D eigenvalue weighted by atomic mass is 9.98. The maximum Gasteiger partial charge on any atom is 0.155 e. The summed E-state index contributed by atoms with van der Waals surface area (Å²) < 4.78 is 2.07. The third-order valence-corrected chi connectivity index (χ3v) is 5.77. The van der Waals surface area contributed by atoms with E-state index in [1.54, 1.807) is 0 Å². The van der Waals surface area contributed by atoms with Crippen molar-refractivity contribution in [2.45, 2.75) is 64.6 Å². The molecule has 2 atom stereocenters. The molecule has 2 aliphatic heterocycles. The molecule has 0 amide bonds. The molecule has 0 aliphatic carbocycles. The predicted octanol–water partition coefficient (Wildman–Crippen LogP) is 3.04. The number of rotatable bonds is 4. The van der Waals surface area contributed by atoms with Crippen molar-refractivity contribution >= 4 is 5.65 Å². The summed E-state index contributed by atoms with van der Waals surface area (Å²) in [5.74, 6) is 0.948. The van der Waals surface area contributed by atoms with Gasteiger partial charge in [0.05, 0.1) is 11.4 Å². The van der Waals surface area contributed by atoms with E-state index in [-0.39, 0.29) is 0 Å². The molecule has 6 heteroatoms. The van der Waals surface area contributed by atoms with Crippen molar-refractivity contribution in [3.63, 3.8) is 0 Å². The smallest absolute Gasteiger partial charge is 0.155 e. The van der Waals surface area contributed by atoms with Crippen LogP contribution in [-0.4, -0.2) is 35.5 Å². The molecule has 26 heavy (non-hydrogen) atoms. The van der Waals surface area contributed by atoms with Gasteiger partial charge in [0, 0.05) is 67.3 Å². The Bertz CT molecular complexity index is 945. The van der Waals surface area contributed by atoms with Crippen molar-refractivity contribution in [1.29, 1.82) is 0 Å². The Hall–Kier alpha value is -2.34. The Kier molecular flexibility index (Phi) is 3.74. The average Bonchev–Trinajstić information content (AvgIpc) is 3.15. The molecule has 0 unspecified atom stereocenters. The standard InChI is InChI=1S/C20H24N6/c1-3-4-19-21-9-14(10-22-19)12-25-15-5-6-17(25)16-11-23-20-7-13(2)24-26(20)18(16)8-15/h7,9-11,15,17H,3-6,8,12H2,1-2H3/t15-,17-/m1/s1. The highest BCUT2D eigenvalue weighted by Crippen LogP contribution is 2.44. The lowest BCUT2D eigenvalue weighted by Crippen LogP contribution is -2.38. The molecule has 5 rings (SSSR count). The van der Waals surface area contributed by atoms with Gasteiger partial charge in [0.2, 0.25) is 0 Å². The Morgan fingerprint density at radius 2 is 1.96 bits per heavy atom. The van der Waals surface area contributed by atoms with E-state index < -0.39 is 0 Å². The summed E-state index contributed by atoms with van der Waals surface area (Å²) in [6.07, 6.45) is 11.6. The lowest BCUT2D eigenvalue weighted by molar-refractivity contribution is 0.164. The fourth-order valence-electron chi connectivity index (χ4n) is 4.57. The van der Waals surface area contributed by atoms with Crippen LogP contribution in [0.2, 0.25) is 0 Å². The van der Waals surface area contributed by atoms with Gasteiger partial charge in [-0.1, -0.05) is 6.92 Å². The molecule has 0 spiro atoms. The predicted molar refractivity (Wildman–Crippen MR) is 98.8 cm³/mol. The second kappa shape index (κ2) is 6.13. The third kappa shape index (κ3) is 2.51. The normalized spacial score (nSPS) is 22.1. The van der Waals surface area contributed by atoms with Crippen molar-refractivity contribution in [2.24, 2.45) is 0 Å². The summed E-state index contributed by atoms with van der Waals surface area (Å²) in [6.45, 7) is 5.11. The number of fused-ring (bicyclic) bond motifs is 6. The minimum atomic E-state index is 0.431. The first-order valence-corrected chi connectivity index (χ1v) is 9.62. The van der Waals surface area contributed by atoms with Crippen molar-refractivity contribution in [2.75, 3.05) is 0 Å². The molecule has 1 saturated heterocycles. The molecular weight excluding hydrogens is 324 g/mol. The zero-order valence-corrected chi connectivity index (χ0v) is 15.4. The molecule has 5 heterocycles. The van der Waals surface area contributed by atoms with E-state index in [0.29, 0.717) is 12.1 Å². The van der Waals surface area contributed by atoms with Crippen LogP contribution < -0.4 is 0 Å². The molecule has 0 saturated carbocycles. The first-order chi connectivity index (χ1) is 12.7. The molecule has 0 N–H and O–H groups in total. The average molecular weight is 348 g/mol. The summed E-state index contributed by atoms with van der Waals surface area (Å²) in [5, 5.41) is 4.67. The van der Waals surface area contributed by atoms with Crippen molar-refractivity contribution in [3.05, 3.63) is 53.0 Å². The molecule has 3 aromatic rings. The van der Waals surface area contributed by atoms with Crippen LogP contribution in [0.25, 0.3) is 5.65 Å². The van der Waals surface area contributed by atoms with Gasteiger partial charge in [-0.2, -0.15) is 5.10 Å². The fourth-order valence-corrected chi connectivity index (χ4v) is 4.57. The molecule has 6 nitrogen and oxygen atoms in total. The summed E-state index contributed by atoms with van der Waals surface area (Å²) in [7, 11) is 0. The third-order valence-electron chi connectivity index (χ3n) is 5.77. The zero-order chi connectivity index (χ0) is 17.7. The molecule has 0 radical (unpaired) electrons. The number of aromatic nitrogens is 5. The van der Waals surface area contributed by atoms with Crippen LogP contribution in [0, 0.1) is 6.92 Å². The van der Waals surface area contributed by atoms with E-state index in [0.717, 1.165) is 43.0 Å². The van der Waals surface area contributed by atoms with Crippen LogP contribution in [0.4, 0.5) is 0 Å². The molecule has 134 valence electrons. The number of hydrogen-bond acceptors (Lipinski definition) is 5. The highest BCUT2D eigenvalue weighted by Gasteiger charge is 2.41. The van der Waals surface area contributed by atoms with Gasteiger partial charge in [-0.3, -0.25) is 4.90 Å². The Labute approximate surface area is 153 Å². The largest absolute Gasteiger partial charge is 0.289 e. The maximum atomic E-state index is 4.67. The van der Waals surface area contributed by atoms with Crippen LogP contribution >= 0.6 is 0 Å². The first-order valence-electron chi connectivity index (χ1n) is 9.62. The molecular formula is C20H24N6. The quantitative estimate of drug-likeness (QED) is 0.725. The molecule has 1 fully saturated rings. The Morgan fingerprint density at radius 1 is 1.12 bits per heavy atom. The topological polar surface area (TPSA) is 59.2 Å². The number of aryl methyl sites for hydroxylation is 2.